The van der Waals surface area contributed by atoms with E-state index in [2.05, 4.69) is 34.5 Å². The zero-order chi connectivity index (χ0) is 18.1. The Hall–Kier alpha value is -0.934. The van der Waals surface area contributed by atoms with Crippen LogP contribution in [0.2, 0.25) is 40.5 Å². The summed E-state index contributed by atoms with van der Waals surface area (Å²) in [5.74, 6) is 0. The summed E-state index contributed by atoms with van der Waals surface area (Å²) >= 11 is -2.42. The van der Waals surface area contributed by atoms with Crippen LogP contribution in [0.25, 0.3) is 10.9 Å². The van der Waals surface area contributed by atoms with E-state index in [1.54, 1.807) is 16.8 Å². The van der Waals surface area contributed by atoms with Crippen LogP contribution in [0.1, 0.15) is 0 Å². The monoisotopic (exact) mass is 457 g/mol. The average Bonchev–Trinajstić information content (AvgIpc) is 2.80. The van der Waals surface area contributed by atoms with Crippen LogP contribution in [0.3, 0.4) is 0 Å². The predicted molar refractivity (Wildman–Crippen MR) is 103 cm³/mol. The van der Waals surface area contributed by atoms with Gasteiger partial charge in [-0.2, -0.15) is 0 Å². The molecule has 6 nitrogen and oxygen atoms in total. The van der Waals surface area contributed by atoms with E-state index >= 15 is 0 Å². The molecular formula is C16H27N3O3SiSn. The second-order valence-electron chi connectivity index (χ2n) is 8.40. The first-order valence-corrected chi connectivity index (χ1v) is 21.9. The Kier molecular flexibility index (Phi) is 5.76. The number of non-ortho nitro benzene ring substituents is 1. The van der Waals surface area contributed by atoms with Crippen LogP contribution in [-0.2, 0) is 11.5 Å². The van der Waals surface area contributed by atoms with Gasteiger partial charge in [0.1, 0.15) is 0 Å². The van der Waals surface area contributed by atoms with Crippen LogP contribution in [-0.4, -0.2) is 47.8 Å². The number of nitro groups is 1. The van der Waals surface area contributed by atoms with Gasteiger partial charge in [0.25, 0.3) is 0 Å². The molecule has 0 atom stereocenters. The Morgan fingerprint density at radius 1 is 1.29 bits per heavy atom. The van der Waals surface area contributed by atoms with Crippen molar-refractivity contribution in [2.75, 3.05) is 6.61 Å². The topological polar surface area (TPSA) is 70.2 Å². The Balaban J connectivity index is 2.33. The van der Waals surface area contributed by atoms with Crippen molar-refractivity contribution in [3.63, 3.8) is 0 Å². The molecule has 1 heterocycles. The summed E-state index contributed by atoms with van der Waals surface area (Å²) in [6.45, 7) is 8.00. The Morgan fingerprint density at radius 3 is 2.50 bits per heavy atom. The number of rotatable bonds is 7. The second-order valence-corrected chi connectivity index (χ2v) is 28.2. The molecule has 0 fully saturated rings. The van der Waals surface area contributed by atoms with Crippen LogP contribution in [0.15, 0.2) is 18.2 Å². The maximum absolute atomic E-state index is 11.1. The van der Waals surface area contributed by atoms with Gasteiger partial charge in [-0.05, 0) is 0 Å². The van der Waals surface area contributed by atoms with Crippen LogP contribution >= 0.6 is 0 Å². The minimum absolute atomic E-state index is 0.0985. The zero-order valence-corrected chi connectivity index (χ0v) is 19.3. The molecule has 0 N–H and O–H groups in total. The number of benzene rings is 1. The maximum atomic E-state index is 11.1. The number of ether oxygens (including phenoxy) is 1. The van der Waals surface area contributed by atoms with Gasteiger partial charge in [-0.25, -0.2) is 0 Å². The average molecular weight is 456 g/mol. The van der Waals surface area contributed by atoms with E-state index in [1.165, 1.54) is 0 Å². The molecule has 0 bridgehead atoms. The molecule has 0 aliphatic rings. The van der Waals surface area contributed by atoms with Crippen LogP contribution in [0, 0.1) is 10.1 Å². The van der Waals surface area contributed by atoms with E-state index < -0.39 is 26.5 Å². The van der Waals surface area contributed by atoms with E-state index in [-0.39, 0.29) is 10.6 Å². The first kappa shape index (κ1) is 19.4. The number of nitrogens with zero attached hydrogens (tertiary/aromatic N) is 3. The molecule has 132 valence electrons. The van der Waals surface area contributed by atoms with E-state index in [0.29, 0.717) is 13.3 Å². The molecule has 0 aliphatic heterocycles. The third kappa shape index (κ3) is 4.79. The van der Waals surface area contributed by atoms with Crippen molar-refractivity contribution < 1.29 is 9.66 Å². The fraction of sp³-hybridized carbons (Fsp3) is 0.562. The van der Waals surface area contributed by atoms with Gasteiger partial charge in [0, 0.05) is 0 Å². The Labute approximate surface area is 148 Å². The standard InChI is InChI=1S/C13H18N3O3Si.3CH3.Sn/c1-20(2,3)7-6-19-10-15-13-8-12(16(17)18)5-4-11(13)9-14-15;;;;/h4-5,8H,6-7,10H2,1-3H3;3*1H3;. The summed E-state index contributed by atoms with van der Waals surface area (Å²) in [6.07, 6.45) is 0. The van der Waals surface area contributed by atoms with Crippen LogP contribution < -0.4 is 3.71 Å². The summed E-state index contributed by atoms with van der Waals surface area (Å²) in [5, 5.41) is 16.9. The van der Waals surface area contributed by atoms with Crippen LogP contribution in [0.4, 0.5) is 5.69 Å². The summed E-state index contributed by atoms with van der Waals surface area (Å²) in [4.78, 5) is 17.6. The van der Waals surface area contributed by atoms with Gasteiger partial charge in [-0.1, -0.05) is 0 Å². The second kappa shape index (κ2) is 7.13. The Morgan fingerprint density at radius 2 is 1.96 bits per heavy atom. The van der Waals surface area contributed by atoms with Crippen molar-refractivity contribution in [3.8, 4) is 0 Å². The molecule has 0 aliphatic carbocycles. The zero-order valence-electron chi connectivity index (χ0n) is 15.4. The number of aromatic nitrogens is 2. The molecule has 0 amide bonds. The molecule has 2 aromatic rings. The minimum atomic E-state index is -2.42. The fourth-order valence-corrected chi connectivity index (χ4v) is 7.32. The molecule has 24 heavy (non-hydrogen) atoms. The summed E-state index contributed by atoms with van der Waals surface area (Å²) < 4.78 is 8.76. The van der Waals surface area contributed by atoms with Gasteiger partial charge in [-0.15, -0.1) is 0 Å². The van der Waals surface area contributed by atoms with E-state index in [1.807, 2.05) is 6.07 Å². The first-order valence-electron chi connectivity index (χ1n) is 8.22. The summed E-state index contributed by atoms with van der Waals surface area (Å²) in [6, 6.07) is 6.13. The number of fused-ring (bicyclic) bond motifs is 1. The van der Waals surface area contributed by atoms with Crippen molar-refractivity contribution in [2.24, 2.45) is 0 Å². The fourth-order valence-electron chi connectivity index (χ4n) is 2.46. The van der Waals surface area contributed by atoms with Crippen molar-refractivity contribution in [2.45, 2.75) is 47.2 Å². The molecule has 0 spiro atoms. The van der Waals surface area contributed by atoms with Crippen molar-refractivity contribution in [1.82, 2.24) is 9.78 Å². The first-order chi connectivity index (χ1) is 11.0. The summed E-state index contributed by atoms with van der Waals surface area (Å²) in [5.41, 5.74) is 0.903. The number of nitro benzene ring substituents is 1. The third-order valence-electron chi connectivity index (χ3n) is 3.87. The van der Waals surface area contributed by atoms with E-state index in [4.69, 9.17) is 9.84 Å². The molecule has 0 saturated carbocycles. The molecule has 2 rings (SSSR count). The van der Waals surface area contributed by atoms with Gasteiger partial charge < -0.3 is 0 Å². The van der Waals surface area contributed by atoms with Gasteiger partial charge >= 0.3 is 148 Å². The molecule has 1 aromatic carbocycles. The number of hydrogen-bond acceptors (Lipinski definition) is 4. The van der Waals surface area contributed by atoms with E-state index in [9.17, 15) is 10.1 Å². The molecule has 0 unspecified atom stereocenters. The molecule has 8 heteroatoms. The Bertz CT molecular complexity index is 747. The van der Waals surface area contributed by atoms with Gasteiger partial charge in [0.05, 0.1) is 0 Å². The van der Waals surface area contributed by atoms with Gasteiger partial charge in [0.2, 0.25) is 0 Å². The molecule has 0 radical (unpaired) electrons. The summed E-state index contributed by atoms with van der Waals surface area (Å²) in [7, 11) is -1.13. The normalized spacial score (nSPS) is 12.8. The van der Waals surface area contributed by atoms with Crippen molar-refractivity contribution in [1.29, 1.82) is 0 Å². The van der Waals surface area contributed by atoms with Crippen LogP contribution in [0.5, 0.6) is 0 Å². The van der Waals surface area contributed by atoms with Crippen molar-refractivity contribution in [3.05, 3.63) is 28.3 Å². The number of hydrogen-bond donors (Lipinski definition) is 0. The quantitative estimate of drug-likeness (QED) is 0.275. The van der Waals surface area contributed by atoms with Gasteiger partial charge in [-0.3, -0.25) is 0 Å². The molecule has 1 aromatic heterocycles. The molecular weight excluding hydrogens is 429 g/mol. The van der Waals surface area contributed by atoms with Gasteiger partial charge in [0.15, 0.2) is 0 Å². The third-order valence-corrected chi connectivity index (χ3v) is 10.7. The van der Waals surface area contributed by atoms with E-state index in [0.717, 1.165) is 20.7 Å². The predicted octanol–water partition coefficient (Wildman–Crippen LogP) is 3.80. The molecule has 0 saturated heterocycles. The van der Waals surface area contributed by atoms with Crippen molar-refractivity contribution >= 4 is 46.8 Å². The SMILES string of the molecule is C[Si](C)(C)CCOCn1n[c]([Sn]([CH3])([CH3])[CH3])c2ccc([N+](=O)[O-])cc21.